The minimum Gasteiger partial charge on any atom is -0.485 e. The molecule has 5 rings (SSSR count). The predicted molar refractivity (Wildman–Crippen MR) is 167 cm³/mol. The molecular formula is C35H38F2N4O4. The van der Waals surface area contributed by atoms with E-state index in [1.165, 1.54) is 18.2 Å². The van der Waals surface area contributed by atoms with Gasteiger partial charge in [-0.25, -0.2) is 18.6 Å². The van der Waals surface area contributed by atoms with Gasteiger partial charge in [0.25, 0.3) is 5.91 Å². The summed E-state index contributed by atoms with van der Waals surface area (Å²) in [4.78, 5) is 31.1. The van der Waals surface area contributed by atoms with Gasteiger partial charge in [0.2, 0.25) is 0 Å². The molecule has 2 amide bonds. The topological polar surface area (TPSA) is 94.0 Å². The second-order valence-electron chi connectivity index (χ2n) is 11.9. The maximum Gasteiger partial charge on any atom is 0.407 e. The Labute approximate surface area is 261 Å². The van der Waals surface area contributed by atoms with Crippen molar-refractivity contribution in [2.45, 2.75) is 65.2 Å². The Balaban J connectivity index is 1.30. The average Bonchev–Trinajstić information content (AvgIpc) is 3.32. The lowest BCUT2D eigenvalue weighted by Gasteiger charge is -2.31. The fourth-order valence-electron chi connectivity index (χ4n) is 5.41. The first-order chi connectivity index (χ1) is 21.6. The molecule has 8 nitrogen and oxygen atoms in total. The summed E-state index contributed by atoms with van der Waals surface area (Å²) in [7, 11) is 0. The molecule has 0 saturated carbocycles. The third kappa shape index (κ3) is 7.87. The number of aromatic nitrogens is 2. The van der Waals surface area contributed by atoms with Crippen molar-refractivity contribution in [1.29, 1.82) is 0 Å². The first-order valence-corrected chi connectivity index (χ1v) is 15.1. The van der Waals surface area contributed by atoms with E-state index in [-0.39, 0.29) is 37.0 Å². The van der Waals surface area contributed by atoms with Gasteiger partial charge in [0.1, 0.15) is 30.5 Å². The number of nitrogens with zero attached hydrogens (tertiary/aromatic N) is 2. The van der Waals surface area contributed by atoms with Gasteiger partial charge in [-0.1, -0.05) is 55.0 Å². The zero-order valence-corrected chi connectivity index (χ0v) is 25.7. The summed E-state index contributed by atoms with van der Waals surface area (Å²) in [6, 6.07) is 14.8. The fourth-order valence-corrected chi connectivity index (χ4v) is 5.41. The number of imidazole rings is 1. The molecule has 2 atom stereocenters. The van der Waals surface area contributed by atoms with E-state index in [0.29, 0.717) is 29.4 Å². The smallest absolute Gasteiger partial charge is 0.407 e. The molecule has 0 radical (unpaired) electrons. The highest BCUT2D eigenvalue weighted by atomic mass is 19.1. The molecule has 2 unspecified atom stereocenters. The lowest BCUT2D eigenvalue weighted by atomic mass is 9.86. The van der Waals surface area contributed by atoms with Crippen molar-refractivity contribution in [2.24, 2.45) is 5.92 Å². The first-order valence-electron chi connectivity index (χ1n) is 15.1. The maximum absolute atomic E-state index is 14.2. The molecule has 0 bridgehead atoms. The van der Waals surface area contributed by atoms with Gasteiger partial charge < -0.3 is 20.1 Å². The summed E-state index contributed by atoms with van der Waals surface area (Å²) >= 11 is 0. The van der Waals surface area contributed by atoms with Crippen molar-refractivity contribution in [3.63, 3.8) is 0 Å². The Kier molecular flexibility index (Phi) is 9.80. The van der Waals surface area contributed by atoms with Crippen molar-refractivity contribution in [3.05, 3.63) is 113 Å². The summed E-state index contributed by atoms with van der Waals surface area (Å²) in [5.74, 6) is -0.961. The van der Waals surface area contributed by atoms with Gasteiger partial charge in [0.05, 0.1) is 16.8 Å². The van der Waals surface area contributed by atoms with Gasteiger partial charge in [-0.15, -0.1) is 0 Å². The Morgan fingerprint density at radius 2 is 1.80 bits per heavy atom. The van der Waals surface area contributed by atoms with Crippen molar-refractivity contribution in [2.75, 3.05) is 6.54 Å². The minimum absolute atomic E-state index is 0.135. The van der Waals surface area contributed by atoms with Crippen LogP contribution in [0.3, 0.4) is 0 Å². The van der Waals surface area contributed by atoms with Crippen LogP contribution in [0.4, 0.5) is 13.6 Å². The molecule has 2 aromatic heterocycles. The number of amides is 2. The van der Waals surface area contributed by atoms with Crippen LogP contribution in [0.1, 0.15) is 65.5 Å². The Morgan fingerprint density at radius 3 is 2.49 bits per heavy atom. The zero-order valence-electron chi connectivity index (χ0n) is 25.7. The molecule has 10 heteroatoms. The van der Waals surface area contributed by atoms with Crippen LogP contribution in [0.5, 0.6) is 5.75 Å². The number of allylic oxidation sites excluding steroid dienone is 2. The van der Waals surface area contributed by atoms with E-state index in [1.807, 2.05) is 44.2 Å². The number of fused-ring (bicyclic) bond motifs is 1. The molecule has 0 spiro atoms. The Hall–Kier alpha value is -4.73. The first kappa shape index (κ1) is 31.7. The lowest BCUT2D eigenvalue weighted by Crippen LogP contribution is -2.53. The highest BCUT2D eigenvalue weighted by molar-refractivity contribution is 5.95. The van der Waals surface area contributed by atoms with Crippen LogP contribution in [0, 0.1) is 31.4 Å². The van der Waals surface area contributed by atoms with E-state index in [2.05, 4.69) is 27.8 Å². The molecule has 2 aromatic carbocycles. The molecule has 4 aromatic rings. The van der Waals surface area contributed by atoms with Crippen molar-refractivity contribution in [1.82, 2.24) is 20.0 Å². The number of halogens is 2. The number of hydrogen-bond acceptors (Lipinski definition) is 5. The largest absolute Gasteiger partial charge is 0.485 e. The molecule has 236 valence electrons. The van der Waals surface area contributed by atoms with E-state index in [0.717, 1.165) is 30.4 Å². The van der Waals surface area contributed by atoms with Gasteiger partial charge in [-0.3, -0.25) is 9.20 Å². The van der Waals surface area contributed by atoms with Gasteiger partial charge in [-0.2, -0.15) is 0 Å². The number of pyridine rings is 1. The molecule has 0 aliphatic heterocycles. The molecule has 2 heterocycles. The van der Waals surface area contributed by atoms with Crippen molar-refractivity contribution < 1.29 is 27.8 Å². The summed E-state index contributed by atoms with van der Waals surface area (Å²) in [5.41, 5.74) is 1.76. The third-order valence-corrected chi connectivity index (χ3v) is 8.05. The number of rotatable bonds is 13. The van der Waals surface area contributed by atoms with Crippen molar-refractivity contribution >= 4 is 17.6 Å². The van der Waals surface area contributed by atoms with Gasteiger partial charge >= 0.3 is 6.09 Å². The number of aryl methyl sites for hydroxylation is 2. The zero-order chi connectivity index (χ0) is 32.0. The normalized spacial score (nSPS) is 15.3. The number of hydrogen-bond donors (Lipinski definition) is 2. The van der Waals surface area contributed by atoms with Gasteiger partial charge in [0, 0.05) is 12.7 Å². The van der Waals surface area contributed by atoms with Crippen LogP contribution < -0.4 is 15.4 Å². The van der Waals surface area contributed by atoms with Crippen LogP contribution >= 0.6 is 0 Å². The highest BCUT2D eigenvalue weighted by Crippen LogP contribution is 2.27. The van der Waals surface area contributed by atoms with E-state index in [4.69, 9.17) is 9.47 Å². The summed E-state index contributed by atoms with van der Waals surface area (Å²) in [6.07, 6.45) is 9.09. The lowest BCUT2D eigenvalue weighted by molar-refractivity contribution is 0.0920. The standard InChI is InChI=1S/C35H38F2N4O4/c1-23-18-30(44-21-27-28(36)15-8-16-29(27)37)32-39-24(2)31(41(32)19-23)33(42)38-22-35(3,17-9-14-25-12-7-13-25)40-34(43)45-20-26-10-5-4-6-11-26/h4-8,10-12,15-16,18-19,25H,9,13-14,17,20-22H2,1-3H3,(H,38,42)(H,40,43). The van der Waals surface area contributed by atoms with E-state index in [9.17, 15) is 18.4 Å². The van der Waals surface area contributed by atoms with Gasteiger partial charge in [0.15, 0.2) is 11.4 Å². The fraction of sp³-hybridized carbons (Fsp3) is 0.343. The SMILES string of the molecule is Cc1cc(OCc2c(F)cccc2F)c2nc(C)c(C(=O)NCC(C)(CCCC3C=CC3)NC(=O)OCc3ccccc3)n2c1. The van der Waals surface area contributed by atoms with Crippen LogP contribution in [-0.2, 0) is 18.0 Å². The minimum atomic E-state index is -0.778. The van der Waals surface area contributed by atoms with Crippen molar-refractivity contribution in [3.8, 4) is 5.75 Å². The van der Waals surface area contributed by atoms with E-state index >= 15 is 0 Å². The molecule has 0 saturated heterocycles. The molecule has 1 aliphatic rings. The highest BCUT2D eigenvalue weighted by Gasteiger charge is 2.30. The number of carbonyl (C=O) groups excluding carboxylic acids is 2. The van der Waals surface area contributed by atoms with Crippen LogP contribution in [0.15, 0.2) is 72.9 Å². The van der Waals surface area contributed by atoms with Crippen LogP contribution in [-0.4, -0.2) is 33.5 Å². The molecule has 45 heavy (non-hydrogen) atoms. The molecule has 1 aliphatic carbocycles. The third-order valence-electron chi connectivity index (χ3n) is 8.05. The molecule has 2 N–H and O–H groups in total. The predicted octanol–water partition coefficient (Wildman–Crippen LogP) is 6.97. The van der Waals surface area contributed by atoms with Gasteiger partial charge in [-0.05, 0) is 75.3 Å². The Morgan fingerprint density at radius 1 is 1.07 bits per heavy atom. The number of alkyl carbamates (subject to hydrolysis) is 1. The second-order valence-corrected chi connectivity index (χ2v) is 11.9. The van der Waals surface area contributed by atoms with Crippen LogP contribution in [0.25, 0.3) is 5.65 Å². The Bertz CT molecular complexity index is 1680. The number of nitrogens with one attached hydrogen (secondary N) is 2. The number of benzene rings is 2. The maximum atomic E-state index is 14.2. The number of carbonyl (C=O) groups is 2. The second kappa shape index (κ2) is 13.9. The quantitative estimate of drug-likeness (QED) is 0.158. The van der Waals surface area contributed by atoms with E-state index < -0.39 is 23.3 Å². The molecule has 0 fully saturated rings. The summed E-state index contributed by atoms with van der Waals surface area (Å²) in [5, 5.41) is 5.98. The number of ether oxygens (including phenoxy) is 2. The molecular weight excluding hydrogens is 578 g/mol. The monoisotopic (exact) mass is 616 g/mol. The summed E-state index contributed by atoms with van der Waals surface area (Å²) < 4.78 is 41.3. The van der Waals surface area contributed by atoms with E-state index in [1.54, 1.807) is 23.6 Å². The summed E-state index contributed by atoms with van der Waals surface area (Å²) in [6.45, 7) is 5.38. The van der Waals surface area contributed by atoms with Crippen LogP contribution in [0.2, 0.25) is 0 Å². The average molecular weight is 617 g/mol.